The number of hydrogen-bond acceptors (Lipinski definition) is 5. The fraction of sp³-hybridized carbons (Fsp3) is 0.160. The molecule has 0 radical (unpaired) electrons. The first-order valence-electron chi connectivity index (χ1n) is 9.98. The van der Waals surface area contributed by atoms with E-state index in [9.17, 15) is 0 Å². The van der Waals surface area contributed by atoms with Crippen molar-refractivity contribution in [3.63, 3.8) is 0 Å². The van der Waals surface area contributed by atoms with Gasteiger partial charge in [0.25, 0.3) is 0 Å². The number of para-hydroxylation sites is 1. The number of rotatable bonds is 5. The predicted octanol–water partition coefficient (Wildman–Crippen LogP) is 5.05. The van der Waals surface area contributed by atoms with Crippen LogP contribution in [0.3, 0.4) is 0 Å². The minimum absolute atomic E-state index is 0.676. The molecule has 31 heavy (non-hydrogen) atoms. The summed E-state index contributed by atoms with van der Waals surface area (Å²) < 4.78 is 18.6. The highest BCUT2D eigenvalue weighted by molar-refractivity contribution is 6.30. The fourth-order valence-electron chi connectivity index (χ4n) is 4.26. The van der Waals surface area contributed by atoms with Crippen LogP contribution in [0.2, 0.25) is 0 Å². The summed E-state index contributed by atoms with van der Waals surface area (Å²) in [5.74, 6) is 2.18. The molecule has 0 bridgehead atoms. The topological polar surface area (TPSA) is 57.0 Å². The molecule has 6 heteroatoms. The van der Waals surface area contributed by atoms with Crippen LogP contribution < -0.4 is 19.6 Å². The van der Waals surface area contributed by atoms with E-state index in [-0.39, 0.29) is 0 Å². The molecule has 6 nitrogen and oxygen atoms in total. The van der Waals surface area contributed by atoms with E-state index in [1.54, 1.807) is 21.3 Å². The number of anilines is 1. The second kappa shape index (κ2) is 7.40. The molecule has 0 aliphatic heterocycles. The summed E-state index contributed by atoms with van der Waals surface area (Å²) in [4.78, 5) is 0. The van der Waals surface area contributed by atoms with E-state index in [0.717, 1.165) is 50.4 Å². The first kappa shape index (κ1) is 19.1. The van der Waals surface area contributed by atoms with E-state index in [2.05, 4.69) is 41.3 Å². The minimum atomic E-state index is 0.676. The molecular formula is C25H23N3O3. The molecule has 0 saturated carbocycles. The Morgan fingerprint density at radius 1 is 0.806 bits per heavy atom. The Balaban J connectivity index is 1.72. The quantitative estimate of drug-likeness (QED) is 0.410. The largest absolute Gasteiger partial charge is 0.497 e. The van der Waals surface area contributed by atoms with Gasteiger partial charge in [-0.1, -0.05) is 18.2 Å². The molecule has 1 aliphatic carbocycles. The monoisotopic (exact) mass is 413 g/mol. The molecule has 0 unspecified atom stereocenters. The van der Waals surface area contributed by atoms with Gasteiger partial charge in [0.1, 0.15) is 11.5 Å². The zero-order chi connectivity index (χ0) is 21.5. The summed E-state index contributed by atoms with van der Waals surface area (Å²) in [6.07, 6.45) is 0. The van der Waals surface area contributed by atoms with Gasteiger partial charge in [-0.25, -0.2) is 0 Å². The Labute approximate surface area is 180 Å². The number of nitrogens with one attached hydrogen (secondary N) is 1. The fourth-order valence-corrected chi connectivity index (χ4v) is 4.26. The summed E-state index contributed by atoms with van der Waals surface area (Å²) in [6, 6.07) is 20.1. The van der Waals surface area contributed by atoms with E-state index in [0.29, 0.717) is 11.5 Å². The SMILES string of the molecule is COc1ccc(N/N=C2/c3cc(OC)c(OC)cc3-c3c2c2ccccc2n3C)cc1. The van der Waals surface area contributed by atoms with Gasteiger partial charge in [0.15, 0.2) is 11.5 Å². The molecule has 1 aromatic heterocycles. The van der Waals surface area contributed by atoms with Crippen molar-refractivity contribution in [2.45, 2.75) is 0 Å². The number of fused-ring (bicyclic) bond motifs is 5. The maximum atomic E-state index is 5.58. The van der Waals surface area contributed by atoms with Crippen molar-refractivity contribution in [3.05, 3.63) is 71.8 Å². The molecule has 1 N–H and O–H groups in total. The van der Waals surface area contributed by atoms with E-state index in [1.165, 1.54) is 0 Å². The van der Waals surface area contributed by atoms with Crippen LogP contribution in [0.5, 0.6) is 17.2 Å². The van der Waals surface area contributed by atoms with Crippen LogP contribution in [-0.4, -0.2) is 31.6 Å². The summed E-state index contributed by atoms with van der Waals surface area (Å²) in [7, 11) is 7.04. The van der Waals surface area contributed by atoms with Crippen LogP contribution >= 0.6 is 0 Å². The smallest absolute Gasteiger partial charge is 0.161 e. The minimum Gasteiger partial charge on any atom is -0.497 e. The van der Waals surface area contributed by atoms with E-state index < -0.39 is 0 Å². The zero-order valence-electron chi connectivity index (χ0n) is 17.9. The van der Waals surface area contributed by atoms with E-state index in [1.807, 2.05) is 36.4 Å². The molecule has 1 heterocycles. The van der Waals surface area contributed by atoms with Gasteiger partial charge in [-0.2, -0.15) is 5.10 Å². The van der Waals surface area contributed by atoms with Gasteiger partial charge in [-0.05, 0) is 42.5 Å². The molecule has 0 spiro atoms. The molecule has 3 aromatic carbocycles. The van der Waals surface area contributed by atoms with Crippen molar-refractivity contribution in [3.8, 4) is 28.5 Å². The molecule has 0 fully saturated rings. The van der Waals surface area contributed by atoms with Crippen LogP contribution in [0.15, 0.2) is 65.8 Å². The van der Waals surface area contributed by atoms with Crippen LogP contribution in [0.1, 0.15) is 11.1 Å². The Morgan fingerprint density at radius 2 is 1.48 bits per heavy atom. The Hall–Kier alpha value is -3.93. The number of aromatic nitrogens is 1. The van der Waals surface area contributed by atoms with Crippen molar-refractivity contribution in [2.24, 2.45) is 12.1 Å². The number of aryl methyl sites for hydroxylation is 1. The lowest BCUT2D eigenvalue weighted by Crippen LogP contribution is -2.04. The zero-order valence-corrected chi connectivity index (χ0v) is 17.9. The number of methoxy groups -OCH3 is 3. The maximum absolute atomic E-state index is 5.58. The van der Waals surface area contributed by atoms with Crippen LogP contribution in [0.25, 0.3) is 22.2 Å². The third kappa shape index (κ3) is 2.91. The molecule has 0 atom stereocenters. The summed E-state index contributed by atoms with van der Waals surface area (Å²) >= 11 is 0. The van der Waals surface area contributed by atoms with Crippen LogP contribution in [0, 0.1) is 0 Å². The first-order valence-corrected chi connectivity index (χ1v) is 9.98. The van der Waals surface area contributed by atoms with Crippen LogP contribution in [0.4, 0.5) is 5.69 Å². The number of hydrazone groups is 1. The summed E-state index contributed by atoms with van der Waals surface area (Å²) in [5, 5.41) is 6.00. The van der Waals surface area contributed by atoms with Gasteiger partial charge in [-0.15, -0.1) is 0 Å². The van der Waals surface area contributed by atoms with Gasteiger partial charge in [0.05, 0.1) is 32.7 Å². The average Bonchev–Trinajstić information content (AvgIpc) is 3.29. The Morgan fingerprint density at radius 3 is 2.16 bits per heavy atom. The predicted molar refractivity (Wildman–Crippen MR) is 124 cm³/mol. The average molecular weight is 413 g/mol. The maximum Gasteiger partial charge on any atom is 0.161 e. The van der Waals surface area contributed by atoms with Gasteiger partial charge < -0.3 is 18.8 Å². The van der Waals surface area contributed by atoms with Crippen molar-refractivity contribution in [2.75, 3.05) is 26.8 Å². The normalized spacial score (nSPS) is 13.2. The van der Waals surface area contributed by atoms with E-state index in [4.69, 9.17) is 19.3 Å². The molecule has 156 valence electrons. The highest BCUT2D eigenvalue weighted by Gasteiger charge is 2.32. The van der Waals surface area contributed by atoms with E-state index >= 15 is 0 Å². The standard InChI is InChI=1S/C25H23N3O3/c1-28-20-8-6-5-7-17(20)23-24(27-26-15-9-11-16(29-2)12-10-15)18-13-21(30-3)22(31-4)14-19(18)25(23)28/h5-14,26H,1-4H3/b27-24-. The lowest BCUT2D eigenvalue weighted by Gasteiger charge is -2.12. The molecule has 5 rings (SSSR count). The highest BCUT2D eigenvalue weighted by Crippen LogP contribution is 2.46. The molecule has 0 saturated heterocycles. The van der Waals surface area contributed by atoms with Crippen molar-refractivity contribution < 1.29 is 14.2 Å². The molecule has 4 aromatic rings. The first-order chi connectivity index (χ1) is 15.2. The Kier molecular flexibility index (Phi) is 4.55. The third-order valence-electron chi connectivity index (χ3n) is 5.76. The number of ether oxygens (including phenoxy) is 3. The Bertz CT molecular complexity index is 1320. The van der Waals surface area contributed by atoms with Gasteiger partial charge >= 0.3 is 0 Å². The van der Waals surface area contributed by atoms with Crippen molar-refractivity contribution in [1.29, 1.82) is 0 Å². The van der Waals surface area contributed by atoms with Gasteiger partial charge in [-0.3, -0.25) is 5.43 Å². The van der Waals surface area contributed by atoms with Crippen molar-refractivity contribution >= 4 is 22.3 Å². The number of hydrogen-bond donors (Lipinski definition) is 1. The van der Waals surface area contributed by atoms with Crippen molar-refractivity contribution in [1.82, 2.24) is 4.57 Å². The molecular weight excluding hydrogens is 390 g/mol. The second-order valence-electron chi connectivity index (χ2n) is 7.35. The van der Waals surface area contributed by atoms with Crippen LogP contribution in [-0.2, 0) is 7.05 Å². The second-order valence-corrected chi connectivity index (χ2v) is 7.35. The molecule has 1 aliphatic rings. The number of nitrogens with zero attached hydrogens (tertiary/aromatic N) is 2. The van der Waals surface area contributed by atoms with Gasteiger partial charge in [0.2, 0.25) is 0 Å². The summed E-state index contributed by atoms with van der Waals surface area (Å²) in [6.45, 7) is 0. The van der Waals surface area contributed by atoms with Gasteiger partial charge in [0, 0.05) is 34.6 Å². The number of benzene rings is 3. The summed E-state index contributed by atoms with van der Waals surface area (Å²) in [5.41, 5.74) is 10.4. The highest BCUT2D eigenvalue weighted by atomic mass is 16.5. The third-order valence-corrected chi connectivity index (χ3v) is 5.76. The lowest BCUT2D eigenvalue weighted by atomic mass is 10.1. The molecule has 0 amide bonds. The lowest BCUT2D eigenvalue weighted by molar-refractivity contribution is 0.355.